The minimum absolute atomic E-state index is 0.107. The van der Waals surface area contributed by atoms with Crippen LogP contribution in [0, 0.1) is 22.7 Å². The van der Waals surface area contributed by atoms with E-state index in [2.05, 4.69) is 4.98 Å². The summed E-state index contributed by atoms with van der Waals surface area (Å²) in [5.74, 6) is 0. The van der Waals surface area contributed by atoms with E-state index in [4.69, 9.17) is 10.5 Å². The molecule has 1 unspecified atom stereocenters. The molecule has 5 nitrogen and oxygen atoms in total. The fourth-order valence-corrected chi connectivity index (χ4v) is 1.08. The number of rotatable bonds is 3. The molecule has 0 saturated carbocycles. The predicted octanol–water partition coefficient (Wildman–Crippen LogP) is 0.397. The van der Waals surface area contributed by atoms with Crippen LogP contribution in [-0.4, -0.2) is 20.8 Å². The van der Waals surface area contributed by atoms with Gasteiger partial charge in [-0.1, -0.05) is 6.92 Å². The van der Waals surface area contributed by atoms with E-state index in [9.17, 15) is 5.11 Å². The number of imidazole rings is 1. The van der Waals surface area contributed by atoms with Gasteiger partial charge in [-0.3, -0.25) is 0 Å². The van der Waals surface area contributed by atoms with Crippen molar-refractivity contribution < 1.29 is 5.11 Å². The van der Waals surface area contributed by atoms with E-state index in [1.165, 1.54) is 10.9 Å². The van der Waals surface area contributed by atoms with Crippen LogP contribution in [0.15, 0.2) is 6.33 Å². The number of hydrogen-bond acceptors (Lipinski definition) is 4. The fourth-order valence-electron chi connectivity index (χ4n) is 1.08. The third kappa shape index (κ3) is 1.90. The van der Waals surface area contributed by atoms with Crippen LogP contribution >= 0.6 is 0 Å². The zero-order valence-electron chi connectivity index (χ0n) is 7.80. The molecule has 72 valence electrons. The van der Waals surface area contributed by atoms with Gasteiger partial charge in [0.15, 0.2) is 11.4 Å². The van der Waals surface area contributed by atoms with Gasteiger partial charge in [-0.25, -0.2) is 4.98 Å². The van der Waals surface area contributed by atoms with Gasteiger partial charge < -0.3 is 9.67 Å². The molecule has 0 amide bonds. The summed E-state index contributed by atoms with van der Waals surface area (Å²) in [7, 11) is 0. The highest BCUT2D eigenvalue weighted by molar-refractivity contribution is 5.35. The second-order valence-corrected chi connectivity index (χ2v) is 2.88. The second-order valence-electron chi connectivity index (χ2n) is 2.88. The SMILES string of the molecule is CCC(O)Cn1cnc(C#N)c1C#N. The molecule has 0 fully saturated rings. The minimum Gasteiger partial charge on any atom is -0.391 e. The molecule has 0 spiro atoms. The molecule has 1 N–H and O–H groups in total. The number of aliphatic hydroxyl groups is 1. The zero-order valence-corrected chi connectivity index (χ0v) is 7.80. The van der Waals surface area contributed by atoms with E-state index in [0.29, 0.717) is 13.0 Å². The number of nitrogens with zero attached hydrogens (tertiary/aromatic N) is 4. The first-order chi connectivity index (χ1) is 6.72. The first-order valence-electron chi connectivity index (χ1n) is 4.26. The van der Waals surface area contributed by atoms with Crippen molar-refractivity contribution in [2.45, 2.75) is 26.0 Å². The van der Waals surface area contributed by atoms with Crippen molar-refractivity contribution >= 4 is 0 Å². The number of nitriles is 2. The molecule has 0 radical (unpaired) electrons. The lowest BCUT2D eigenvalue weighted by atomic mass is 10.2. The maximum atomic E-state index is 9.37. The summed E-state index contributed by atoms with van der Waals surface area (Å²) in [6.07, 6.45) is 1.49. The van der Waals surface area contributed by atoms with Crippen LogP contribution in [0.3, 0.4) is 0 Å². The van der Waals surface area contributed by atoms with Crippen molar-refractivity contribution in [3.63, 3.8) is 0 Å². The molecular weight excluding hydrogens is 180 g/mol. The molecule has 1 heterocycles. The largest absolute Gasteiger partial charge is 0.391 e. The summed E-state index contributed by atoms with van der Waals surface area (Å²) in [5, 5.41) is 26.7. The molecule has 1 rings (SSSR count). The molecule has 0 saturated heterocycles. The molecule has 1 atom stereocenters. The van der Waals surface area contributed by atoms with Crippen LogP contribution in [0.4, 0.5) is 0 Å². The van der Waals surface area contributed by atoms with Gasteiger partial charge in [0.25, 0.3) is 0 Å². The summed E-state index contributed by atoms with van der Waals surface area (Å²) in [4.78, 5) is 3.76. The summed E-state index contributed by atoms with van der Waals surface area (Å²) in [5.41, 5.74) is 0.316. The van der Waals surface area contributed by atoms with Crippen LogP contribution in [0.25, 0.3) is 0 Å². The van der Waals surface area contributed by atoms with Crippen molar-refractivity contribution in [2.75, 3.05) is 0 Å². The third-order valence-corrected chi connectivity index (χ3v) is 1.93. The van der Waals surface area contributed by atoms with Crippen LogP contribution in [0.2, 0.25) is 0 Å². The Labute approximate surface area is 81.8 Å². The van der Waals surface area contributed by atoms with Crippen LogP contribution in [0.1, 0.15) is 24.7 Å². The monoisotopic (exact) mass is 190 g/mol. The van der Waals surface area contributed by atoms with Crippen LogP contribution in [0.5, 0.6) is 0 Å². The fraction of sp³-hybridized carbons (Fsp3) is 0.444. The van der Waals surface area contributed by atoms with E-state index in [1.54, 1.807) is 0 Å². The lowest BCUT2D eigenvalue weighted by Crippen LogP contribution is -2.15. The second kappa shape index (κ2) is 4.40. The Morgan fingerprint density at radius 2 is 2.29 bits per heavy atom. The average Bonchev–Trinajstić information content (AvgIpc) is 2.59. The number of aliphatic hydroxyl groups excluding tert-OH is 1. The summed E-state index contributed by atoms with van der Waals surface area (Å²) in [6.45, 7) is 2.15. The summed E-state index contributed by atoms with van der Waals surface area (Å²) in [6, 6.07) is 3.71. The van der Waals surface area contributed by atoms with Gasteiger partial charge in [0.1, 0.15) is 12.1 Å². The van der Waals surface area contributed by atoms with Gasteiger partial charge in [-0.2, -0.15) is 10.5 Å². The normalized spacial score (nSPS) is 11.7. The van der Waals surface area contributed by atoms with Gasteiger partial charge in [-0.05, 0) is 6.42 Å². The number of aromatic nitrogens is 2. The van der Waals surface area contributed by atoms with Gasteiger partial charge in [-0.15, -0.1) is 0 Å². The highest BCUT2D eigenvalue weighted by Crippen LogP contribution is 2.06. The molecule has 14 heavy (non-hydrogen) atoms. The quantitative estimate of drug-likeness (QED) is 0.747. The molecule has 5 heteroatoms. The minimum atomic E-state index is -0.511. The van der Waals surface area contributed by atoms with E-state index < -0.39 is 6.10 Å². The maximum absolute atomic E-state index is 9.37. The van der Waals surface area contributed by atoms with Crippen molar-refractivity contribution in [2.24, 2.45) is 0 Å². The Balaban J connectivity index is 2.95. The molecule has 0 aliphatic heterocycles. The third-order valence-electron chi connectivity index (χ3n) is 1.93. The Bertz CT molecular complexity index is 396. The highest BCUT2D eigenvalue weighted by Gasteiger charge is 2.11. The molecule has 0 aliphatic rings. The highest BCUT2D eigenvalue weighted by atomic mass is 16.3. The Kier molecular flexibility index (Phi) is 3.22. The zero-order chi connectivity index (χ0) is 10.6. The van der Waals surface area contributed by atoms with Crippen molar-refractivity contribution in [3.8, 4) is 12.1 Å². The molecule has 1 aromatic heterocycles. The Morgan fingerprint density at radius 3 is 2.79 bits per heavy atom. The van der Waals surface area contributed by atoms with Gasteiger partial charge >= 0.3 is 0 Å². The van der Waals surface area contributed by atoms with E-state index in [1.807, 2.05) is 19.1 Å². The summed E-state index contributed by atoms with van der Waals surface area (Å²) >= 11 is 0. The average molecular weight is 190 g/mol. The topological polar surface area (TPSA) is 85.6 Å². The van der Waals surface area contributed by atoms with Crippen molar-refractivity contribution in [1.29, 1.82) is 10.5 Å². The lowest BCUT2D eigenvalue weighted by molar-refractivity contribution is 0.149. The lowest BCUT2D eigenvalue weighted by Gasteiger charge is -2.08. The molecule has 0 aromatic carbocycles. The van der Waals surface area contributed by atoms with Crippen molar-refractivity contribution in [3.05, 3.63) is 17.7 Å². The van der Waals surface area contributed by atoms with E-state index >= 15 is 0 Å². The smallest absolute Gasteiger partial charge is 0.176 e. The molecule has 0 aliphatic carbocycles. The summed E-state index contributed by atoms with van der Waals surface area (Å²) < 4.78 is 1.49. The van der Waals surface area contributed by atoms with Gasteiger partial charge in [0.05, 0.1) is 19.0 Å². The molecular formula is C9H10N4O. The first kappa shape index (κ1) is 10.2. The standard InChI is InChI=1S/C9H10N4O/c1-2-7(14)5-13-6-12-8(3-10)9(13)4-11/h6-7,14H,2,5H2,1H3. The Hall–Kier alpha value is -1.85. The molecule has 1 aromatic rings. The maximum Gasteiger partial charge on any atom is 0.176 e. The van der Waals surface area contributed by atoms with Gasteiger partial charge in [0.2, 0.25) is 0 Å². The van der Waals surface area contributed by atoms with Crippen LogP contribution in [-0.2, 0) is 6.54 Å². The number of hydrogen-bond donors (Lipinski definition) is 1. The predicted molar refractivity (Wildman–Crippen MR) is 48.0 cm³/mol. The first-order valence-corrected chi connectivity index (χ1v) is 4.26. The van der Waals surface area contributed by atoms with Gasteiger partial charge in [0, 0.05) is 0 Å². The Morgan fingerprint density at radius 1 is 1.57 bits per heavy atom. The van der Waals surface area contributed by atoms with Crippen molar-refractivity contribution in [1.82, 2.24) is 9.55 Å². The van der Waals surface area contributed by atoms with E-state index in [0.717, 1.165) is 0 Å². The van der Waals surface area contributed by atoms with Crippen LogP contribution < -0.4 is 0 Å². The molecule has 0 bridgehead atoms. The van der Waals surface area contributed by atoms with E-state index in [-0.39, 0.29) is 11.4 Å².